The molecule has 4 rings (SSSR count). The fourth-order valence-electron chi connectivity index (χ4n) is 5.75. The zero-order chi connectivity index (χ0) is 28.0. The monoisotopic (exact) mass is 549 g/mol. The summed E-state index contributed by atoms with van der Waals surface area (Å²) in [6, 6.07) is 6.46. The Bertz CT molecular complexity index is 1260. The molecule has 0 aromatic heterocycles. The summed E-state index contributed by atoms with van der Waals surface area (Å²) in [6.07, 6.45) is 21.4. The minimum absolute atomic E-state index is 0. The van der Waals surface area contributed by atoms with Crippen LogP contribution in [0.25, 0.3) is 0 Å². The van der Waals surface area contributed by atoms with E-state index in [1.165, 1.54) is 42.4 Å². The van der Waals surface area contributed by atoms with Crippen molar-refractivity contribution >= 4 is 23.2 Å². The molecule has 0 aliphatic carbocycles. The van der Waals surface area contributed by atoms with Gasteiger partial charge in [0.1, 0.15) is 5.84 Å². The molecule has 0 atom stereocenters. The Hall–Kier alpha value is -2.21. The van der Waals surface area contributed by atoms with E-state index >= 15 is 0 Å². The third-order valence-corrected chi connectivity index (χ3v) is 8.34. The summed E-state index contributed by atoms with van der Waals surface area (Å²) in [4.78, 5) is 23.2. The normalized spacial score (nSPS) is 19.3. The van der Waals surface area contributed by atoms with Crippen LogP contribution in [0.5, 0.6) is 0 Å². The molecule has 0 saturated heterocycles. The zero-order valence-corrected chi connectivity index (χ0v) is 27.4. The maximum Gasteiger partial charge on any atom is 1.00 e. The van der Waals surface area contributed by atoms with E-state index in [0.29, 0.717) is 6.42 Å². The van der Waals surface area contributed by atoms with E-state index in [9.17, 15) is 9.90 Å². The van der Waals surface area contributed by atoms with Gasteiger partial charge < -0.3 is 14.8 Å². The molecule has 0 spiro atoms. The predicted octanol–water partition coefficient (Wildman–Crippen LogP) is 4.12. The number of carboxylic acids is 1. The van der Waals surface area contributed by atoms with Crippen molar-refractivity contribution in [1.82, 2.24) is 4.90 Å². The first-order valence-corrected chi connectivity index (χ1v) is 14.7. The molecule has 1 aromatic rings. The number of amidine groups is 1. The Kier molecular flexibility index (Phi) is 11.4. The van der Waals surface area contributed by atoms with Crippen molar-refractivity contribution in [2.45, 2.75) is 97.8 Å². The smallest absolute Gasteiger partial charge is 0.550 e. The fourth-order valence-corrected chi connectivity index (χ4v) is 5.75. The van der Waals surface area contributed by atoms with Gasteiger partial charge in [-0.2, -0.15) is 0 Å². The van der Waals surface area contributed by atoms with Gasteiger partial charge in [0.25, 0.3) is 0 Å². The van der Waals surface area contributed by atoms with Crippen LogP contribution >= 0.6 is 0 Å². The molecule has 208 valence electrons. The number of para-hydroxylation sites is 1. The second-order valence-electron chi connectivity index (χ2n) is 12.0. The van der Waals surface area contributed by atoms with E-state index in [2.05, 4.69) is 94.3 Å². The molecule has 3 aliphatic rings. The van der Waals surface area contributed by atoms with Gasteiger partial charge in [0.05, 0.1) is 17.1 Å². The summed E-state index contributed by atoms with van der Waals surface area (Å²) in [7, 11) is 0. The van der Waals surface area contributed by atoms with E-state index in [0.717, 1.165) is 48.7 Å². The minimum atomic E-state index is -0.965. The van der Waals surface area contributed by atoms with E-state index < -0.39 is 5.97 Å². The topological polar surface area (TPSA) is 68.1 Å². The summed E-state index contributed by atoms with van der Waals surface area (Å²) < 4.78 is 0. The van der Waals surface area contributed by atoms with Gasteiger partial charge in [0.2, 0.25) is 0 Å². The molecule has 0 bridgehead atoms. The number of aryl methyl sites for hydroxylation is 1. The van der Waals surface area contributed by atoms with Crippen LogP contribution in [0.2, 0.25) is 0 Å². The number of carbonyl (C=O) groups is 1. The Morgan fingerprint density at radius 1 is 1.00 bits per heavy atom. The van der Waals surface area contributed by atoms with Gasteiger partial charge >= 0.3 is 29.6 Å². The van der Waals surface area contributed by atoms with Crippen LogP contribution in [-0.4, -0.2) is 29.0 Å². The first-order valence-electron chi connectivity index (χ1n) is 14.7. The number of fused-ring (bicyclic) bond motifs is 2. The van der Waals surface area contributed by atoms with Gasteiger partial charge in [-0.05, 0) is 61.5 Å². The molecule has 40 heavy (non-hydrogen) atoms. The molecule has 0 saturated carbocycles. The average Bonchev–Trinajstić information content (AvgIpc) is 3.31. The number of aliphatic imine (C=N–C) groups is 2. The van der Waals surface area contributed by atoms with Crippen molar-refractivity contribution in [3.63, 3.8) is 0 Å². The predicted molar refractivity (Wildman–Crippen MR) is 160 cm³/mol. The molecule has 0 unspecified atom stereocenters. The summed E-state index contributed by atoms with van der Waals surface area (Å²) in [5.74, 6) is 0.126. The zero-order valence-electron chi connectivity index (χ0n) is 25.4. The van der Waals surface area contributed by atoms with Gasteiger partial charge in [0, 0.05) is 35.1 Å². The Morgan fingerprint density at radius 3 is 2.52 bits per heavy atom. The number of unbranched alkanes of at least 4 members (excludes halogenated alkanes) is 5. The van der Waals surface area contributed by atoms with Crippen molar-refractivity contribution in [2.24, 2.45) is 15.4 Å². The van der Waals surface area contributed by atoms with Crippen molar-refractivity contribution in [3.05, 3.63) is 77.2 Å². The minimum Gasteiger partial charge on any atom is -0.550 e. The Labute approximate surface area is 263 Å². The Balaban J connectivity index is 0.00000441. The van der Waals surface area contributed by atoms with Crippen LogP contribution in [0.3, 0.4) is 0 Å². The molecule has 3 heterocycles. The first kappa shape index (κ1) is 32.3. The summed E-state index contributed by atoms with van der Waals surface area (Å²) in [6.45, 7) is 12.2. The number of allylic oxidation sites excluding steroid dienone is 6. The second kappa shape index (κ2) is 14.1. The van der Waals surface area contributed by atoms with Gasteiger partial charge in [-0.15, -0.1) is 0 Å². The average molecular weight is 550 g/mol. The van der Waals surface area contributed by atoms with Gasteiger partial charge in [-0.1, -0.05) is 90.7 Å². The maximum atomic E-state index is 10.7. The van der Waals surface area contributed by atoms with Crippen LogP contribution in [0.1, 0.15) is 97.1 Å². The Morgan fingerprint density at radius 2 is 1.77 bits per heavy atom. The molecule has 0 amide bonds. The number of nitrogens with zero attached hydrogens (tertiary/aromatic N) is 3. The van der Waals surface area contributed by atoms with Crippen LogP contribution in [-0.2, 0) is 16.6 Å². The van der Waals surface area contributed by atoms with Gasteiger partial charge in [-0.25, -0.2) is 4.99 Å². The second-order valence-corrected chi connectivity index (χ2v) is 12.0. The van der Waals surface area contributed by atoms with Crippen LogP contribution in [0, 0.1) is 5.41 Å². The molecule has 6 heteroatoms. The number of benzene rings is 1. The number of hydrogen-bond donors (Lipinski definition) is 0. The SMILES string of the molecule is CCCCCCN1C=CC=C2C1=N/C(=C/C=C/C1=Nc3c(CCCCCC(=O)[O-])cccc3C1(C)C)C2(C)C.[Na+]. The van der Waals surface area contributed by atoms with Crippen molar-refractivity contribution in [3.8, 4) is 0 Å². The van der Waals surface area contributed by atoms with Gasteiger partial charge in [0.15, 0.2) is 0 Å². The molecule has 1 aromatic carbocycles. The molecular weight excluding hydrogens is 505 g/mol. The summed E-state index contributed by atoms with van der Waals surface area (Å²) >= 11 is 0. The van der Waals surface area contributed by atoms with E-state index in [1.807, 2.05) is 0 Å². The van der Waals surface area contributed by atoms with Crippen molar-refractivity contribution in [2.75, 3.05) is 6.54 Å². The van der Waals surface area contributed by atoms with Crippen LogP contribution < -0.4 is 34.7 Å². The van der Waals surface area contributed by atoms with Gasteiger partial charge in [-0.3, -0.25) is 4.99 Å². The molecular formula is C34H44N3NaO2. The molecule has 0 radical (unpaired) electrons. The number of aliphatic carboxylic acids is 1. The number of carboxylic acid groups (broad SMARTS) is 1. The third kappa shape index (κ3) is 7.16. The van der Waals surface area contributed by atoms with Crippen molar-refractivity contribution < 1.29 is 39.5 Å². The standard InChI is InChI=1S/C34H45N3O2.Na/c1-6-7-8-12-23-37-24-15-19-27-32(37)36-29(34(27,4)5)21-14-20-28-33(2,3)26-18-13-17-25(31(26)35-28)16-10-9-11-22-30(38)39;/h13-15,17-21,24H,6-12,16,22-23H2,1-5H3,(H,38,39);/q;+1/p-1/b20-14+,29-21+;. The number of rotatable bonds is 13. The van der Waals surface area contributed by atoms with E-state index in [1.54, 1.807) is 0 Å². The maximum absolute atomic E-state index is 10.7. The summed E-state index contributed by atoms with van der Waals surface area (Å²) in [5.41, 5.74) is 6.67. The van der Waals surface area contributed by atoms with E-state index in [4.69, 9.17) is 9.98 Å². The van der Waals surface area contributed by atoms with Crippen molar-refractivity contribution in [1.29, 1.82) is 0 Å². The fraction of sp³-hybridized carbons (Fsp3) is 0.500. The van der Waals surface area contributed by atoms with Crippen LogP contribution in [0.4, 0.5) is 5.69 Å². The molecule has 0 fully saturated rings. The van der Waals surface area contributed by atoms with E-state index in [-0.39, 0.29) is 46.8 Å². The number of carbonyl (C=O) groups excluding carboxylic acids is 1. The largest absolute Gasteiger partial charge is 1.00 e. The molecule has 5 nitrogen and oxygen atoms in total. The molecule has 3 aliphatic heterocycles. The van der Waals surface area contributed by atoms with Crippen LogP contribution in [0.15, 0.2) is 76.0 Å². The first-order chi connectivity index (χ1) is 18.7. The number of hydrogen-bond acceptors (Lipinski definition) is 5. The molecule has 0 N–H and O–H groups in total. The quantitative estimate of drug-likeness (QED) is 0.275. The third-order valence-electron chi connectivity index (χ3n) is 8.34. The summed E-state index contributed by atoms with van der Waals surface area (Å²) in [5, 5.41) is 10.7.